The second kappa shape index (κ2) is 2.34. The fourth-order valence-electron chi connectivity index (χ4n) is 0.371. The number of hydrogen-bond acceptors (Lipinski definition) is 2. The topological polar surface area (TPSA) is 9.23 Å². The van der Waals surface area contributed by atoms with Gasteiger partial charge in [0, 0.05) is 5.25 Å². The van der Waals surface area contributed by atoms with Crippen molar-refractivity contribution in [3.05, 3.63) is 0 Å². The Hall–Kier alpha value is 0.740. The first kappa shape index (κ1) is 5.87. The maximum absolute atomic E-state index is 5.26. The Bertz CT molecular complexity index is 60.7. The smallest absolute Gasteiger partial charge is 0.0752 e. The molecule has 1 nitrogen and oxygen atoms in total. The van der Waals surface area contributed by atoms with Gasteiger partial charge in [0.2, 0.25) is 0 Å². The van der Waals surface area contributed by atoms with Gasteiger partial charge >= 0.3 is 0 Å². The molecule has 1 fully saturated rings. The fourth-order valence-corrected chi connectivity index (χ4v) is 2.93. The molecule has 3 atom stereocenters. The molecular weight excluding hydrogens is 127 g/mol. The zero-order valence-corrected chi connectivity index (χ0v) is 6.29. The van der Waals surface area contributed by atoms with Gasteiger partial charge in [-0.25, -0.2) is 0 Å². The van der Waals surface area contributed by atoms with Gasteiger partial charge in [-0.05, 0) is 6.92 Å². The van der Waals surface area contributed by atoms with Crippen LogP contribution in [-0.4, -0.2) is 11.4 Å². The summed E-state index contributed by atoms with van der Waals surface area (Å²) >= 11 is 1.91. The third-order valence-corrected chi connectivity index (χ3v) is 4.14. The average Bonchev–Trinajstić information content (AvgIpc) is 1.91. The molecule has 0 aromatic rings. The lowest BCUT2D eigenvalue weighted by Gasteiger charge is -2.02. The summed E-state index contributed by atoms with van der Waals surface area (Å²) in [5.41, 5.74) is 0. The van der Waals surface area contributed by atoms with Gasteiger partial charge in [0.25, 0.3) is 0 Å². The van der Waals surface area contributed by atoms with Gasteiger partial charge in [0.05, 0.1) is 14.1 Å². The van der Waals surface area contributed by atoms with Crippen LogP contribution >= 0.6 is 19.4 Å². The molecule has 0 aliphatic carbocycles. The highest BCUT2D eigenvalue weighted by molar-refractivity contribution is 8.48. The minimum absolute atomic E-state index is 0.489. The molecule has 0 aromatic carbocycles. The van der Waals surface area contributed by atoms with E-state index in [1.165, 1.54) is 0 Å². The molecule has 0 amide bonds. The molecule has 3 unspecified atom stereocenters. The van der Waals surface area contributed by atoms with Crippen molar-refractivity contribution in [1.82, 2.24) is 0 Å². The van der Waals surface area contributed by atoms with Gasteiger partial charge in [0.15, 0.2) is 0 Å². The minimum atomic E-state index is 0.489. The van der Waals surface area contributed by atoms with E-state index in [1.807, 2.05) is 11.4 Å². The van der Waals surface area contributed by atoms with Gasteiger partial charge in [0.1, 0.15) is 0 Å². The fraction of sp³-hybridized carbons (Fsp3) is 1.00. The molecule has 3 heteroatoms. The standard InChI is InChI=1S/C4H9OPS/c1-3-4(2)7-6-5-3/h3-4,6H,1-2H3. The monoisotopic (exact) mass is 136 g/mol. The van der Waals surface area contributed by atoms with E-state index in [2.05, 4.69) is 13.8 Å². The first-order chi connectivity index (χ1) is 3.30. The van der Waals surface area contributed by atoms with Crippen molar-refractivity contribution in [1.29, 1.82) is 0 Å². The van der Waals surface area contributed by atoms with Crippen LogP contribution in [-0.2, 0) is 4.52 Å². The van der Waals surface area contributed by atoms with Crippen LogP contribution in [0.2, 0.25) is 0 Å². The van der Waals surface area contributed by atoms with Gasteiger partial charge < -0.3 is 4.52 Å². The third-order valence-electron chi connectivity index (χ3n) is 1.13. The van der Waals surface area contributed by atoms with Gasteiger partial charge in [-0.1, -0.05) is 6.92 Å². The lowest BCUT2D eigenvalue weighted by Crippen LogP contribution is -2.09. The van der Waals surface area contributed by atoms with E-state index in [1.54, 1.807) is 0 Å². The Kier molecular flexibility index (Phi) is 1.96. The highest BCUT2D eigenvalue weighted by atomic mass is 32.7. The zero-order chi connectivity index (χ0) is 5.28. The molecule has 1 aliphatic heterocycles. The Morgan fingerprint density at radius 1 is 1.57 bits per heavy atom. The summed E-state index contributed by atoms with van der Waals surface area (Å²) in [4.78, 5) is 0. The van der Waals surface area contributed by atoms with Crippen LogP contribution in [0.3, 0.4) is 0 Å². The average molecular weight is 136 g/mol. The van der Waals surface area contributed by atoms with E-state index in [0.717, 1.165) is 5.25 Å². The first-order valence-electron chi connectivity index (χ1n) is 2.37. The van der Waals surface area contributed by atoms with E-state index >= 15 is 0 Å². The molecule has 1 rings (SSSR count). The molecule has 42 valence electrons. The molecule has 0 radical (unpaired) electrons. The summed E-state index contributed by atoms with van der Waals surface area (Å²) < 4.78 is 5.26. The molecule has 0 spiro atoms. The van der Waals surface area contributed by atoms with Crippen LogP contribution in [0, 0.1) is 0 Å². The molecule has 1 heterocycles. The number of rotatable bonds is 0. The highest BCUT2D eigenvalue weighted by Crippen LogP contribution is 2.45. The van der Waals surface area contributed by atoms with E-state index in [9.17, 15) is 0 Å². The largest absolute Gasteiger partial charge is 0.347 e. The molecule has 1 aliphatic rings. The third kappa shape index (κ3) is 1.31. The van der Waals surface area contributed by atoms with Crippen LogP contribution in [0.5, 0.6) is 0 Å². The highest BCUT2D eigenvalue weighted by Gasteiger charge is 2.19. The lowest BCUT2D eigenvalue weighted by molar-refractivity contribution is 0.271. The zero-order valence-electron chi connectivity index (χ0n) is 4.47. The Balaban J connectivity index is 2.33. The van der Waals surface area contributed by atoms with Crippen LogP contribution in [0.25, 0.3) is 0 Å². The Labute approximate surface area is 49.8 Å². The van der Waals surface area contributed by atoms with E-state index in [0.29, 0.717) is 14.1 Å². The summed E-state index contributed by atoms with van der Waals surface area (Å²) in [6.07, 6.45) is 0.489. The number of hydrogen-bond donors (Lipinski definition) is 0. The maximum atomic E-state index is 5.26. The van der Waals surface area contributed by atoms with Gasteiger partial charge in [-0.15, -0.1) is 11.4 Å². The van der Waals surface area contributed by atoms with Crippen LogP contribution in [0.4, 0.5) is 0 Å². The Morgan fingerprint density at radius 3 is 2.43 bits per heavy atom. The van der Waals surface area contributed by atoms with Crippen LogP contribution < -0.4 is 0 Å². The first-order valence-corrected chi connectivity index (χ1v) is 4.88. The minimum Gasteiger partial charge on any atom is -0.347 e. The van der Waals surface area contributed by atoms with Gasteiger partial charge in [-0.3, -0.25) is 0 Å². The van der Waals surface area contributed by atoms with Crippen LogP contribution in [0.15, 0.2) is 0 Å². The normalized spacial score (nSPS) is 45.4. The second-order valence-corrected chi connectivity index (χ2v) is 4.32. The van der Waals surface area contributed by atoms with E-state index < -0.39 is 0 Å². The predicted octanol–water partition coefficient (Wildman–Crippen LogP) is 2.04. The molecule has 1 saturated heterocycles. The molecule has 0 N–H and O–H groups in total. The molecular formula is C4H9OPS. The van der Waals surface area contributed by atoms with E-state index in [-0.39, 0.29) is 0 Å². The lowest BCUT2D eigenvalue weighted by atomic mass is 10.3. The SMILES string of the molecule is CC1OPSC1C. The van der Waals surface area contributed by atoms with Crippen molar-refractivity contribution in [2.24, 2.45) is 0 Å². The molecule has 0 bridgehead atoms. The molecule has 0 saturated carbocycles. The van der Waals surface area contributed by atoms with Crippen molar-refractivity contribution >= 4 is 19.4 Å². The maximum Gasteiger partial charge on any atom is 0.0752 e. The van der Waals surface area contributed by atoms with E-state index in [4.69, 9.17) is 4.52 Å². The summed E-state index contributed by atoms with van der Waals surface area (Å²) in [5, 5.41) is 0.721. The second-order valence-electron chi connectivity index (χ2n) is 1.73. The Morgan fingerprint density at radius 2 is 2.29 bits per heavy atom. The summed E-state index contributed by atoms with van der Waals surface area (Å²) in [5.74, 6) is 0. The van der Waals surface area contributed by atoms with Crippen molar-refractivity contribution in [2.75, 3.05) is 0 Å². The summed E-state index contributed by atoms with van der Waals surface area (Å²) in [6.45, 7) is 4.33. The quantitative estimate of drug-likeness (QED) is 0.471. The van der Waals surface area contributed by atoms with Crippen molar-refractivity contribution in [3.8, 4) is 0 Å². The van der Waals surface area contributed by atoms with Crippen molar-refractivity contribution in [2.45, 2.75) is 25.2 Å². The van der Waals surface area contributed by atoms with Crippen molar-refractivity contribution in [3.63, 3.8) is 0 Å². The van der Waals surface area contributed by atoms with Crippen molar-refractivity contribution < 1.29 is 4.52 Å². The van der Waals surface area contributed by atoms with Gasteiger partial charge in [-0.2, -0.15) is 0 Å². The predicted molar refractivity (Wildman–Crippen MR) is 35.9 cm³/mol. The molecule has 7 heavy (non-hydrogen) atoms. The van der Waals surface area contributed by atoms with Crippen LogP contribution in [0.1, 0.15) is 13.8 Å². The molecule has 0 aromatic heterocycles. The summed E-state index contributed by atoms with van der Waals surface area (Å²) in [6, 6.07) is 0. The summed E-state index contributed by atoms with van der Waals surface area (Å²) in [7, 11) is 0.686.